The number of likely N-dealkylation sites (tertiary alicyclic amines) is 1. The minimum atomic E-state index is 0. The lowest BCUT2D eigenvalue weighted by atomic mass is 10.0. The number of nitrogens with one attached hydrogen (secondary N) is 1. The molecule has 0 aromatic heterocycles. The Morgan fingerprint density at radius 1 is 1.09 bits per heavy atom. The molecule has 3 rings (SSSR count). The average molecular weight is 345 g/mol. The summed E-state index contributed by atoms with van der Waals surface area (Å²) in [5.74, 6) is 1.89. The van der Waals surface area contributed by atoms with Gasteiger partial charge in [0.15, 0.2) is 0 Å². The van der Waals surface area contributed by atoms with Gasteiger partial charge in [-0.2, -0.15) is 0 Å². The van der Waals surface area contributed by atoms with E-state index in [2.05, 4.69) is 10.2 Å². The summed E-state index contributed by atoms with van der Waals surface area (Å²) >= 11 is 5.86. The van der Waals surface area contributed by atoms with Crippen LogP contribution in [-0.4, -0.2) is 43.7 Å². The Morgan fingerprint density at radius 3 is 2.41 bits per heavy atom. The van der Waals surface area contributed by atoms with Crippen molar-refractivity contribution in [2.24, 2.45) is 5.92 Å². The van der Waals surface area contributed by atoms with E-state index in [-0.39, 0.29) is 12.4 Å². The second-order valence-electron chi connectivity index (χ2n) is 6.27. The number of nitrogens with zero attached hydrogens (tertiary/aromatic N) is 1. The van der Waals surface area contributed by atoms with Gasteiger partial charge < -0.3 is 10.1 Å². The van der Waals surface area contributed by atoms with E-state index in [0.717, 1.165) is 35.9 Å². The summed E-state index contributed by atoms with van der Waals surface area (Å²) in [4.78, 5) is 2.51. The number of hydrogen-bond donors (Lipinski definition) is 1. The first-order valence-electron chi connectivity index (χ1n) is 8.14. The van der Waals surface area contributed by atoms with Crippen LogP contribution in [0.2, 0.25) is 5.02 Å². The molecule has 1 saturated carbocycles. The number of piperidine rings is 1. The minimum absolute atomic E-state index is 0. The van der Waals surface area contributed by atoms with Crippen molar-refractivity contribution in [2.45, 2.75) is 31.7 Å². The SMILES string of the molecule is Cl.Clc1ccc(OCCN2CCC(NCC3CC3)CC2)cc1. The van der Waals surface area contributed by atoms with E-state index in [4.69, 9.17) is 16.3 Å². The Labute approximate surface area is 144 Å². The van der Waals surface area contributed by atoms with Crippen LogP contribution in [0.5, 0.6) is 5.75 Å². The van der Waals surface area contributed by atoms with Crippen LogP contribution in [0, 0.1) is 5.92 Å². The van der Waals surface area contributed by atoms with Gasteiger partial charge in [0.05, 0.1) is 0 Å². The molecule has 0 unspecified atom stereocenters. The summed E-state index contributed by atoms with van der Waals surface area (Å²) in [5.41, 5.74) is 0. The molecule has 0 spiro atoms. The van der Waals surface area contributed by atoms with Crippen LogP contribution in [-0.2, 0) is 0 Å². The van der Waals surface area contributed by atoms with Crippen molar-refractivity contribution in [1.82, 2.24) is 10.2 Å². The van der Waals surface area contributed by atoms with Crippen molar-refractivity contribution in [1.29, 1.82) is 0 Å². The van der Waals surface area contributed by atoms with E-state index in [1.165, 1.54) is 45.3 Å². The lowest BCUT2D eigenvalue weighted by Crippen LogP contribution is -2.44. The third kappa shape index (κ3) is 5.96. The van der Waals surface area contributed by atoms with Gasteiger partial charge in [0.25, 0.3) is 0 Å². The molecule has 1 heterocycles. The van der Waals surface area contributed by atoms with Crippen LogP contribution in [0.3, 0.4) is 0 Å². The Hall–Kier alpha value is -0.480. The first-order valence-corrected chi connectivity index (χ1v) is 8.51. The molecular weight excluding hydrogens is 319 g/mol. The topological polar surface area (TPSA) is 24.5 Å². The molecule has 0 radical (unpaired) electrons. The summed E-state index contributed by atoms with van der Waals surface area (Å²) in [6, 6.07) is 8.33. The molecule has 0 atom stereocenters. The second kappa shape index (κ2) is 8.97. The number of ether oxygens (including phenoxy) is 1. The Kier molecular flexibility index (Phi) is 7.29. The zero-order chi connectivity index (χ0) is 14.5. The maximum absolute atomic E-state index is 5.86. The van der Waals surface area contributed by atoms with Gasteiger partial charge in [-0.25, -0.2) is 0 Å². The lowest BCUT2D eigenvalue weighted by molar-refractivity contribution is 0.164. The molecule has 0 bridgehead atoms. The normalized spacial score (nSPS) is 19.7. The highest BCUT2D eigenvalue weighted by Crippen LogP contribution is 2.28. The number of rotatable bonds is 7. The fourth-order valence-corrected chi connectivity index (χ4v) is 2.97. The molecule has 22 heavy (non-hydrogen) atoms. The lowest BCUT2D eigenvalue weighted by Gasteiger charge is -2.32. The molecular formula is C17H26Cl2N2O. The fourth-order valence-electron chi connectivity index (χ4n) is 2.84. The van der Waals surface area contributed by atoms with Crippen molar-refractivity contribution in [3.05, 3.63) is 29.3 Å². The smallest absolute Gasteiger partial charge is 0.119 e. The standard InChI is InChI=1S/C17H25ClN2O.ClH/c18-15-3-5-17(6-4-15)21-12-11-20-9-7-16(8-10-20)19-13-14-1-2-14;/h3-6,14,16,19H,1-2,7-13H2;1H. The van der Waals surface area contributed by atoms with Gasteiger partial charge in [-0.3, -0.25) is 4.90 Å². The van der Waals surface area contributed by atoms with Gasteiger partial charge in [-0.1, -0.05) is 11.6 Å². The highest BCUT2D eigenvalue weighted by atomic mass is 35.5. The molecule has 1 saturated heterocycles. The summed E-state index contributed by atoms with van der Waals surface area (Å²) < 4.78 is 5.76. The van der Waals surface area contributed by atoms with E-state index >= 15 is 0 Å². The molecule has 1 aromatic carbocycles. The van der Waals surface area contributed by atoms with Gasteiger partial charge >= 0.3 is 0 Å². The molecule has 2 fully saturated rings. The summed E-state index contributed by atoms with van der Waals surface area (Å²) in [7, 11) is 0. The maximum atomic E-state index is 5.86. The largest absolute Gasteiger partial charge is 0.492 e. The van der Waals surface area contributed by atoms with E-state index < -0.39 is 0 Å². The van der Waals surface area contributed by atoms with E-state index in [1.54, 1.807) is 0 Å². The summed E-state index contributed by atoms with van der Waals surface area (Å²) in [6.07, 6.45) is 5.42. The number of halogens is 2. The third-order valence-electron chi connectivity index (χ3n) is 4.47. The van der Waals surface area contributed by atoms with Crippen molar-refractivity contribution in [3.63, 3.8) is 0 Å². The van der Waals surface area contributed by atoms with E-state index in [0.29, 0.717) is 0 Å². The third-order valence-corrected chi connectivity index (χ3v) is 4.72. The number of benzene rings is 1. The summed E-state index contributed by atoms with van der Waals surface area (Å²) in [6.45, 7) is 5.38. The van der Waals surface area contributed by atoms with Gasteiger partial charge in [0.1, 0.15) is 12.4 Å². The quantitative estimate of drug-likeness (QED) is 0.817. The summed E-state index contributed by atoms with van der Waals surface area (Å²) in [5, 5.41) is 4.47. The van der Waals surface area contributed by atoms with Crippen molar-refractivity contribution in [3.8, 4) is 5.75 Å². The molecule has 0 amide bonds. The highest BCUT2D eigenvalue weighted by molar-refractivity contribution is 6.30. The fraction of sp³-hybridized carbons (Fsp3) is 0.647. The van der Waals surface area contributed by atoms with Crippen LogP contribution < -0.4 is 10.1 Å². The van der Waals surface area contributed by atoms with Crippen LogP contribution >= 0.6 is 24.0 Å². The van der Waals surface area contributed by atoms with Crippen LogP contribution in [0.1, 0.15) is 25.7 Å². The molecule has 124 valence electrons. The van der Waals surface area contributed by atoms with Crippen molar-refractivity contribution >= 4 is 24.0 Å². The van der Waals surface area contributed by atoms with Gasteiger partial charge in [-0.15, -0.1) is 12.4 Å². The molecule has 1 aliphatic heterocycles. The highest BCUT2D eigenvalue weighted by Gasteiger charge is 2.24. The molecule has 5 heteroatoms. The molecule has 1 aromatic rings. The van der Waals surface area contributed by atoms with Crippen LogP contribution in [0.25, 0.3) is 0 Å². The van der Waals surface area contributed by atoms with E-state index in [9.17, 15) is 0 Å². The zero-order valence-electron chi connectivity index (χ0n) is 13.0. The van der Waals surface area contributed by atoms with Gasteiger partial charge in [-0.05, 0) is 75.5 Å². The Bertz CT molecular complexity index is 429. The van der Waals surface area contributed by atoms with Crippen molar-refractivity contribution in [2.75, 3.05) is 32.8 Å². The van der Waals surface area contributed by atoms with E-state index in [1.807, 2.05) is 24.3 Å². The first kappa shape index (κ1) is 17.9. The first-order chi connectivity index (χ1) is 10.3. The zero-order valence-corrected chi connectivity index (χ0v) is 14.5. The molecule has 1 N–H and O–H groups in total. The predicted molar refractivity (Wildman–Crippen MR) is 94.4 cm³/mol. The van der Waals surface area contributed by atoms with Crippen molar-refractivity contribution < 1.29 is 4.74 Å². The molecule has 3 nitrogen and oxygen atoms in total. The van der Waals surface area contributed by atoms with Crippen LogP contribution in [0.4, 0.5) is 0 Å². The predicted octanol–water partition coefficient (Wildman–Crippen LogP) is 3.60. The number of hydrogen-bond acceptors (Lipinski definition) is 3. The Morgan fingerprint density at radius 2 is 1.77 bits per heavy atom. The minimum Gasteiger partial charge on any atom is -0.492 e. The maximum Gasteiger partial charge on any atom is 0.119 e. The average Bonchev–Trinajstić information content (AvgIpc) is 3.33. The van der Waals surface area contributed by atoms with Crippen LogP contribution in [0.15, 0.2) is 24.3 Å². The second-order valence-corrected chi connectivity index (χ2v) is 6.71. The molecule has 1 aliphatic carbocycles. The van der Waals surface area contributed by atoms with Gasteiger partial charge in [0.2, 0.25) is 0 Å². The van der Waals surface area contributed by atoms with Gasteiger partial charge in [0, 0.05) is 17.6 Å². The molecule has 2 aliphatic rings. The Balaban J connectivity index is 0.00000176. The monoisotopic (exact) mass is 344 g/mol.